The first-order chi connectivity index (χ1) is 10.1. The highest BCUT2D eigenvalue weighted by Crippen LogP contribution is 2.32. The molecule has 0 spiro atoms. The van der Waals surface area contributed by atoms with Gasteiger partial charge in [0.1, 0.15) is 11.2 Å². The van der Waals surface area contributed by atoms with Crippen LogP contribution in [0, 0.1) is 10.1 Å². The van der Waals surface area contributed by atoms with Gasteiger partial charge < -0.3 is 14.9 Å². The number of hydrogen-bond donors (Lipinski definition) is 2. The molecule has 2 N–H and O–H groups in total. The Labute approximate surface area is 119 Å². The summed E-state index contributed by atoms with van der Waals surface area (Å²) in [5.74, 6) is 0.224. The van der Waals surface area contributed by atoms with Crippen molar-refractivity contribution in [2.24, 2.45) is 0 Å². The largest absolute Gasteiger partial charge is 0.380 e. The average Bonchev–Trinajstić information content (AvgIpc) is 2.98. The maximum Gasteiger partial charge on any atom is 0.280 e. The normalized spacial score (nSPS) is 17.6. The average molecular weight is 290 g/mol. The van der Waals surface area contributed by atoms with Gasteiger partial charge in [0.25, 0.3) is 11.6 Å². The summed E-state index contributed by atoms with van der Waals surface area (Å²) in [6.07, 6.45) is 0.928. The van der Waals surface area contributed by atoms with Crippen LogP contribution in [0.2, 0.25) is 0 Å². The van der Waals surface area contributed by atoms with E-state index in [-0.39, 0.29) is 23.0 Å². The first kappa shape index (κ1) is 13.7. The lowest BCUT2D eigenvalue weighted by Crippen LogP contribution is -2.39. The standard InChI is InChI=1S/C13H14N4O4/c18-13(5-7-14-8-6-13)12-15-11(16-21-12)9-3-1-2-4-10(9)17(19)20/h1-4,14,18H,5-8H2. The van der Waals surface area contributed by atoms with Crippen LogP contribution < -0.4 is 5.32 Å². The molecule has 8 heteroatoms. The summed E-state index contributed by atoms with van der Waals surface area (Å²) < 4.78 is 5.13. The van der Waals surface area contributed by atoms with Crippen LogP contribution in [0.15, 0.2) is 28.8 Å². The fraction of sp³-hybridized carbons (Fsp3) is 0.385. The zero-order valence-corrected chi connectivity index (χ0v) is 11.2. The van der Waals surface area contributed by atoms with Crippen molar-refractivity contribution in [2.75, 3.05) is 13.1 Å². The molecular formula is C13H14N4O4. The molecule has 0 bridgehead atoms. The molecule has 8 nitrogen and oxygen atoms in total. The number of benzene rings is 1. The summed E-state index contributed by atoms with van der Waals surface area (Å²) in [6.45, 7) is 1.30. The smallest absolute Gasteiger partial charge is 0.280 e. The number of rotatable bonds is 3. The van der Waals surface area contributed by atoms with Crippen LogP contribution in [0.5, 0.6) is 0 Å². The lowest BCUT2D eigenvalue weighted by atomic mass is 9.92. The van der Waals surface area contributed by atoms with Crippen LogP contribution in [0.1, 0.15) is 18.7 Å². The summed E-state index contributed by atoms with van der Waals surface area (Å²) in [7, 11) is 0. The van der Waals surface area contributed by atoms with Gasteiger partial charge in [-0.15, -0.1) is 0 Å². The molecule has 1 saturated heterocycles. The summed E-state index contributed by atoms with van der Waals surface area (Å²) >= 11 is 0. The lowest BCUT2D eigenvalue weighted by molar-refractivity contribution is -0.384. The van der Waals surface area contributed by atoms with Crippen molar-refractivity contribution in [3.63, 3.8) is 0 Å². The van der Waals surface area contributed by atoms with Gasteiger partial charge in [0.15, 0.2) is 0 Å². The fourth-order valence-electron chi connectivity index (χ4n) is 2.40. The lowest BCUT2D eigenvalue weighted by Gasteiger charge is -2.28. The monoisotopic (exact) mass is 290 g/mol. The van der Waals surface area contributed by atoms with Crippen molar-refractivity contribution in [2.45, 2.75) is 18.4 Å². The molecule has 0 amide bonds. The predicted molar refractivity (Wildman–Crippen MR) is 72.4 cm³/mol. The van der Waals surface area contributed by atoms with Crippen molar-refractivity contribution in [3.8, 4) is 11.4 Å². The van der Waals surface area contributed by atoms with Gasteiger partial charge in [0, 0.05) is 6.07 Å². The number of nitrogens with one attached hydrogen (secondary N) is 1. The second-order valence-corrected chi connectivity index (χ2v) is 4.98. The van der Waals surface area contributed by atoms with Crippen molar-refractivity contribution in [3.05, 3.63) is 40.3 Å². The van der Waals surface area contributed by atoms with Gasteiger partial charge in [-0.1, -0.05) is 17.3 Å². The molecule has 2 aromatic rings. The van der Waals surface area contributed by atoms with E-state index in [9.17, 15) is 15.2 Å². The van der Waals surface area contributed by atoms with E-state index in [1.165, 1.54) is 6.07 Å². The second kappa shape index (κ2) is 5.23. The third-order valence-electron chi connectivity index (χ3n) is 3.60. The summed E-state index contributed by atoms with van der Waals surface area (Å²) in [6, 6.07) is 6.17. The molecule has 0 unspecified atom stereocenters. The molecule has 1 aromatic carbocycles. The van der Waals surface area contributed by atoms with Crippen LogP contribution >= 0.6 is 0 Å². The number of aliphatic hydroxyl groups is 1. The number of nitro benzene ring substituents is 1. The number of hydrogen-bond acceptors (Lipinski definition) is 7. The SMILES string of the molecule is O=[N+]([O-])c1ccccc1-c1noc(C2(O)CCNCC2)n1. The third kappa shape index (κ3) is 2.50. The Bertz CT molecular complexity index is 664. The van der Waals surface area contributed by atoms with Crippen molar-refractivity contribution >= 4 is 5.69 Å². The van der Waals surface area contributed by atoms with E-state index >= 15 is 0 Å². The zero-order chi connectivity index (χ0) is 14.9. The molecule has 21 heavy (non-hydrogen) atoms. The molecule has 2 heterocycles. The predicted octanol–water partition coefficient (Wildman–Crippen LogP) is 1.22. The maximum atomic E-state index is 11.0. The van der Waals surface area contributed by atoms with Gasteiger partial charge in [-0.2, -0.15) is 4.98 Å². The molecule has 0 radical (unpaired) electrons. The minimum absolute atomic E-state index is 0.0952. The quantitative estimate of drug-likeness (QED) is 0.645. The van der Waals surface area contributed by atoms with Crippen molar-refractivity contribution < 1.29 is 14.6 Å². The Morgan fingerprint density at radius 2 is 2.05 bits per heavy atom. The Morgan fingerprint density at radius 3 is 2.76 bits per heavy atom. The summed E-state index contributed by atoms with van der Waals surface area (Å²) in [4.78, 5) is 14.7. The van der Waals surface area contributed by atoms with Crippen LogP contribution in [0.3, 0.4) is 0 Å². The summed E-state index contributed by atoms with van der Waals surface area (Å²) in [5, 5.41) is 28.5. The number of aromatic nitrogens is 2. The van der Waals surface area contributed by atoms with E-state index in [0.717, 1.165) is 0 Å². The highest BCUT2D eigenvalue weighted by Gasteiger charge is 2.37. The van der Waals surface area contributed by atoms with E-state index in [2.05, 4.69) is 15.5 Å². The number of para-hydroxylation sites is 1. The molecule has 1 aliphatic rings. The molecule has 110 valence electrons. The molecule has 1 aromatic heterocycles. The Kier molecular flexibility index (Phi) is 3.40. The van der Waals surface area contributed by atoms with Gasteiger partial charge >= 0.3 is 0 Å². The minimum Gasteiger partial charge on any atom is -0.380 e. The van der Waals surface area contributed by atoms with Crippen LogP contribution in [0.25, 0.3) is 11.4 Å². The van der Waals surface area contributed by atoms with Crippen LogP contribution in [0.4, 0.5) is 5.69 Å². The molecule has 1 fully saturated rings. The van der Waals surface area contributed by atoms with Gasteiger partial charge in [-0.05, 0) is 32.0 Å². The molecule has 0 aliphatic carbocycles. The first-order valence-electron chi connectivity index (χ1n) is 6.61. The fourth-order valence-corrected chi connectivity index (χ4v) is 2.40. The van der Waals surface area contributed by atoms with E-state index in [0.29, 0.717) is 25.9 Å². The van der Waals surface area contributed by atoms with E-state index < -0.39 is 10.5 Å². The second-order valence-electron chi connectivity index (χ2n) is 4.98. The number of piperidine rings is 1. The Hall–Kier alpha value is -2.32. The number of nitrogens with zero attached hydrogens (tertiary/aromatic N) is 3. The Balaban J connectivity index is 1.97. The van der Waals surface area contributed by atoms with Gasteiger partial charge in [0.2, 0.25) is 5.82 Å². The van der Waals surface area contributed by atoms with Crippen LogP contribution in [-0.4, -0.2) is 33.3 Å². The molecule has 0 atom stereocenters. The van der Waals surface area contributed by atoms with Gasteiger partial charge in [-0.25, -0.2) is 0 Å². The highest BCUT2D eigenvalue weighted by molar-refractivity contribution is 5.67. The van der Waals surface area contributed by atoms with E-state index in [1.54, 1.807) is 18.2 Å². The highest BCUT2D eigenvalue weighted by atomic mass is 16.6. The third-order valence-corrected chi connectivity index (χ3v) is 3.60. The zero-order valence-electron chi connectivity index (χ0n) is 11.2. The number of nitro groups is 1. The molecule has 1 aliphatic heterocycles. The van der Waals surface area contributed by atoms with E-state index in [4.69, 9.17) is 4.52 Å². The van der Waals surface area contributed by atoms with Gasteiger partial charge in [0.05, 0.1) is 4.92 Å². The molecule has 3 rings (SSSR count). The Morgan fingerprint density at radius 1 is 1.33 bits per heavy atom. The molecule has 0 saturated carbocycles. The van der Waals surface area contributed by atoms with Crippen molar-refractivity contribution in [1.82, 2.24) is 15.5 Å². The first-order valence-corrected chi connectivity index (χ1v) is 6.61. The topological polar surface area (TPSA) is 114 Å². The van der Waals surface area contributed by atoms with Crippen molar-refractivity contribution in [1.29, 1.82) is 0 Å². The van der Waals surface area contributed by atoms with E-state index in [1.807, 2.05) is 0 Å². The van der Waals surface area contributed by atoms with Crippen LogP contribution in [-0.2, 0) is 5.60 Å². The maximum absolute atomic E-state index is 11.0. The summed E-state index contributed by atoms with van der Waals surface area (Å²) in [5.41, 5.74) is -0.989. The minimum atomic E-state index is -1.17. The molecular weight excluding hydrogens is 276 g/mol. The van der Waals surface area contributed by atoms with Gasteiger partial charge in [-0.3, -0.25) is 10.1 Å².